The first-order valence-corrected chi connectivity index (χ1v) is 3.68. The fraction of sp³-hybridized carbons (Fsp3) is 1.00. The van der Waals surface area contributed by atoms with Gasteiger partial charge in [-0.3, -0.25) is 0 Å². The van der Waals surface area contributed by atoms with Crippen molar-refractivity contribution in [1.82, 2.24) is 0 Å². The highest BCUT2D eigenvalue weighted by atomic mass is 16.5. The Kier molecular flexibility index (Phi) is 4.60. The molecule has 0 aliphatic rings. The number of rotatable bonds is 5. The van der Waals surface area contributed by atoms with E-state index in [1.807, 2.05) is 6.92 Å². The van der Waals surface area contributed by atoms with Gasteiger partial charge >= 0.3 is 0 Å². The lowest BCUT2D eigenvalue weighted by Gasteiger charge is -2.17. The van der Waals surface area contributed by atoms with Crippen molar-refractivity contribution in [2.24, 2.45) is 0 Å². The molecule has 0 heterocycles. The fourth-order valence-corrected chi connectivity index (χ4v) is 0.737. The van der Waals surface area contributed by atoms with Gasteiger partial charge < -0.3 is 15.3 Å². The lowest BCUT2D eigenvalue weighted by molar-refractivity contribution is -0.191. The molecule has 3 nitrogen and oxygen atoms in total. The van der Waals surface area contributed by atoms with Crippen LogP contribution < -0.4 is 0 Å². The van der Waals surface area contributed by atoms with Crippen LogP contribution >= 0.6 is 0 Å². The van der Waals surface area contributed by atoms with Gasteiger partial charge in [-0.2, -0.15) is 0 Å². The minimum absolute atomic E-state index is 0.261. The van der Waals surface area contributed by atoms with Crippen molar-refractivity contribution in [3.8, 4) is 0 Å². The molecule has 0 saturated carbocycles. The third-order valence-corrected chi connectivity index (χ3v) is 1.43. The van der Waals surface area contributed by atoms with Gasteiger partial charge in [0.15, 0.2) is 5.79 Å². The first kappa shape index (κ1) is 9.88. The van der Waals surface area contributed by atoms with E-state index >= 15 is 0 Å². The van der Waals surface area contributed by atoms with Gasteiger partial charge in [0.05, 0.1) is 6.61 Å². The van der Waals surface area contributed by atoms with Crippen LogP contribution in [0.1, 0.15) is 32.6 Å². The standard InChI is InChI=1S/C7H16O3/c1-2-3-4-5-7(9,10)6-8/h8-10H,2-6H2,1H3. The Labute approximate surface area is 61.3 Å². The molecule has 0 fully saturated rings. The summed E-state index contributed by atoms with van der Waals surface area (Å²) in [5.74, 6) is -1.85. The van der Waals surface area contributed by atoms with Gasteiger partial charge in [0.1, 0.15) is 0 Å². The molecule has 10 heavy (non-hydrogen) atoms. The maximum Gasteiger partial charge on any atom is 0.186 e. The van der Waals surface area contributed by atoms with Crippen molar-refractivity contribution in [2.75, 3.05) is 6.61 Å². The molecule has 0 spiro atoms. The third kappa shape index (κ3) is 4.73. The molecular formula is C7H16O3. The Morgan fingerprint density at radius 1 is 1.20 bits per heavy atom. The molecule has 0 aromatic carbocycles. The number of hydrogen-bond donors (Lipinski definition) is 3. The summed E-state index contributed by atoms with van der Waals surface area (Å²) >= 11 is 0. The topological polar surface area (TPSA) is 60.7 Å². The third-order valence-electron chi connectivity index (χ3n) is 1.43. The molecular weight excluding hydrogens is 132 g/mol. The van der Waals surface area contributed by atoms with Gasteiger partial charge in [0.2, 0.25) is 0 Å². The van der Waals surface area contributed by atoms with E-state index in [0.29, 0.717) is 0 Å². The van der Waals surface area contributed by atoms with E-state index in [9.17, 15) is 0 Å². The Morgan fingerprint density at radius 3 is 2.20 bits per heavy atom. The maximum absolute atomic E-state index is 8.86. The highest BCUT2D eigenvalue weighted by molar-refractivity contribution is 4.61. The summed E-state index contributed by atoms with van der Waals surface area (Å²) in [6, 6.07) is 0. The summed E-state index contributed by atoms with van der Waals surface area (Å²) < 4.78 is 0. The summed E-state index contributed by atoms with van der Waals surface area (Å²) in [6.45, 7) is 1.46. The largest absolute Gasteiger partial charge is 0.391 e. The second-order valence-corrected chi connectivity index (χ2v) is 2.60. The highest BCUT2D eigenvalue weighted by Crippen LogP contribution is 2.10. The summed E-state index contributed by atoms with van der Waals surface area (Å²) in [7, 11) is 0. The molecule has 0 amide bonds. The second kappa shape index (κ2) is 4.66. The number of unbranched alkanes of at least 4 members (excludes halogenated alkanes) is 2. The monoisotopic (exact) mass is 148 g/mol. The van der Waals surface area contributed by atoms with E-state index in [2.05, 4.69) is 0 Å². The fourth-order valence-electron chi connectivity index (χ4n) is 0.737. The zero-order valence-electron chi connectivity index (χ0n) is 6.38. The van der Waals surface area contributed by atoms with E-state index in [1.54, 1.807) is 0 Å². The second-order valence-electron chi connectivity index (χ2n) is 2.60. The van der Waals surface area contributed by atoms with Crippen molar-refractivity contribution < 1.29 is 15.3 Å². The molecule has 0 saturated heterocycles. The smallest absolute Gasteiger partial charge is 0.186 e. The molecule has 62 valence electrons. The maximum atomic E-state index is 8.86. The molecule has 0 atom stereocenters. The quantitative estimate of drug-likeness (QED) is 0.386. The SMILES string of the molecule is CCCCCC(O)(O)CO. The van der Waals surface area contributed by atoms with E-state index in [-0.39, 0.29) is 6.42 Å². The van der Waals surface area contributed by atoms with E-state index in [0.717, 1.165) is 19.3 Å². The first-order chi connectivity index (χ1) is 4.62. The molecule has 0 aliphatic heterocycles. The summed E-state index contributed by atoms with van der Waals surface area (Å²) in [5.41, 5.74) is 0. The minimum atomic E-state index is -1.85. The van der Waals surface area contributed by atoms with Crippen LogP contribution in [0.4, 0.5) is 0 Å². The van der Waals surface area contributed by atoms with Gasteiger partial charge in [-0.25, -0.2) is 0 Å². The van der Waals surface area contributed by atoms with E-state index < -0.39 is 12.4 Å². The van der Waals surface area contributed by atoms with Gasteiger partial charge in [-0.1, -0.05) is 19.8 Å². The molecule has 0 radical (unpaired) electrons. The molecule has 0 aliphatic carbocycles. The summed E-state index contributed by atoms with van der Waals surface area (Å²) in [6.07, 6.45) is 3.03. The zero-order valence-corrected chi connectivity index (χ0v) is 6.38. The molecule has 0 unspecified atom stereocenters. The van der Waals surface area contributed by atoms with Gasteiger partial charge in [-0.15, -0.1) is 0 Å². The number of aliphatic hydroxyl groups excluding tert-OH is 1. The predicted molar refractivity (Wildman–Crippen MR) is 38.4 cm³/mol. The molecule has 0 aromatic rings. The van der Waals surface area contributed by atoms with Crippen LogP contribution in [-0.4, -0.2) is 27.7 Å². The van der Waals surface area contributed by atoms with E-state index in [4.69, 9.17) is 15.3 Å². The number of hydrogen-bond acceptors (Lipinski definition) is 3. The van der Waals surface area contributed by atoms with Crippen molar-refractivity contribution in [3.63, 3.8) is 0 Å². The molecule has 0 bridgehead atoms. The number of aliphatic hydroxyl groups is 3. The lowest BCUT2D eigenvalue weighted by atomic mass is 10.1. The summed E-state index contributed by atoms with van der Waals surface area (Å²) in [4.78, 5) is 0. The van der Waals surface area contributed by atoms with Gasteiger partial charge in [-0.05, 0) is 6.42 Å². The van der Waals surface area contributed by atoms with E-state index in [1.165, 1.54) is 0 Å². The zero-order chi connectivity index (χ0) is 8.04. The van der Waals surface area contributed by atoms with Crippen LogP contribution in [0.5, 0.6) is 0 Å². The van der Waals surface area contributed by atoms with Crippen LogP contribution in [0, 0.1) is 0 Å². The average Bonchev–Trinajstić information content (AvgIpc) is 1.89. The average molecular weight is 148 g/mol. The van der Waals surface area contributed by atoms with Crippen LogP contribution in [-0.2, 0) is 0 Å². The normalized spacial score (nSPS) is 12.0. The molecule has 3 heteroatoms. The van der Waals surface area contributed by atoms with Crippen molar-refractivity contribution >= 4 is 0 Å². The Bertz CT molecular complexity index is 80.9. The first-order valence-electron chi connectivity index (χ1n) is 3.68. The van der Waals surface area contributed by atoms with Crippen LogP contribution in [0.3, 0.4) is 0 Å². The molecule has 0 aromatic heterocycles. The Morgan fingerprint density at radius 2 is 1.80 bits per heavy atom. The molecule has 3 N–H and O–H groups in total. The Hall–Kier alpha value is -0.120. The Balaban J connectivity index is 3.28. The highest BCUT2D eigenvalue weighted by Gasteiger charge is 2.19. The van der Waals surface area contributed by atoms with Crippen molar-refractivity contribution in [2.45, 2.75) is 38.4 Å². The van der Waals surface area contributed by atoms with Gasteiger partial charge in [0.25, 0.3) is 0 Å². The van der Waals surface area contributed by atoms with Crippen LogP contribution in [0.25, 0.3) is 0 Å². The lowest BCUT2D eigenvalue weighted by Crippen LogP contribution is -2.32. The van der Waals surface area contributed by atoms with Gasteiger partial charge in [0, 0.05) is 6.42 Å². The van der Waals surface area contributed by atoms with Crippen LogP contribution in [0.2, 0.25) is 0 Å². The minimum Gasteiger partial charge on any atom is -0.391 e. The van der Waals surface area contributed by atoms with Crippen molar-refractivity contribution in [1.29, 1.82) is 0 Å². The summed E-state index contributed by atoms with van der Waals surface area (Å²) in [5, 5.41) is 26.1. The predicted octanol–water partition coefficient (Wildman–Crippen LogP) is 0.240. The van der Waals surface area contributed by atoms with Crippen LogP contribution in [0.15, 0.2) is 0 Å². The van der Waals surface area contributed by atoms with Crippen molar-refractivity contribution in [3.05, 3.63) is 0 Å². The molecule has 0 rings (SSSR count).